The maximum Gasteiger partial charge on any atom is 0.312 e. The third-order valence-corrected chi connectivity index (χ3v) is 8.42. The van der Waals surface area contributed by atoms with Crippen LogP contribution in [0.5, 0.6) is 0 Å². The van der Waals surface area contributed by atoms with Crippen LogP contribution in [0.2, 0.25) is 0 Å². The largest absolute Gasteiger partial charge is 0.465 e. The van der Waals surface area contributed by atoms with Gasteiger partial charge in [0.15, 0.2) is 5.78 Å². The molecule has 6 atom stereocenters. The van der Waals surface area contributed by atoms with Gasteiger partial charge >= 0.3 is 5.97 Å². The zero-order chi connectivity index (χ0) is 16.9. The number of hydrogen-bond donors (Lipinski definition) is 0. The average molecular weight is 328 g/mol. The van der Waals surface area contributed by atoms with E-state index in [1.165, 1.54) is 0 Å². The SMILES string of the molecule is C=C1C(=O)C23CC[C@H]1CC2[C@@]12CCC[C@@](C)(COC1=O)C2CC3=O. The van der Waals surface area contributed by atoms with E-state index in [4.69, 9.17) is 4.74 Å². The minimum Gasteiger partial charge on any atom is -0.465 e. The van der Waals surface area contributed by atoms with Crippen molar-refractivity contribution in [1.82, 2.24) is 0 Å². The molecule has 6 rings (SSSR count). The van der Waals surface area contributed by atoms with Crippen LogP contribution in [0.15, 0.2) is 12.2 Å². The number of esters is 1. The molecule has 1 spiro atoms. The molecule has 4 bridgehead atoms. The maximum absolute atomic E-state index is 13.3. The highest BCUT2D eigenvalue weighted by molar-refractivity contribution is 6.17. The van der Waals surface area contributed by atoms with Gasteiger partial charge in [-0.25, -0.2) is 0 Å². The fourth-order valence-electron chi connectivity index (χ4n) is 7.24. The molecule has 0 aromatic heterocycles. The van der Waals surface area contributed by atoms with Gasteiger partial charge in [-0.3, -0.25) is 14.4 Å². The van der Waals surface area contributed by atoms with Gasteiger partial charge < -0.3 is 4.74 Å². The molecule has 6 fully saturated rings. The fraction of sp³-hybridized carbons (Fsp3) is 0.750. The van der Waals surface area contributed by atoms with Gasteiger partial charge in [0.05, 0.1) is 17.4 Å². The first-order valence-corrected chi connectivity index (χ1v) is 9.30. The van der Waals surface area contributed by atoms with Gasteiger partial charge in [-0.1, -0.05) is 19.9 Å². The number of ether oxygens (including phenoxy) is 1. The quantitative estimate of drug-likeness (QED) is 0.390. The van der Waals surface area contributed by atoms with Gasteiger partial charge in [0, 0.05) is 11.8 Å². The van der Waals surface area contributed by atoms with E-state index in [1.54, 1.807) is 0 Å². The molecule has 24 heavy (non-hydrogen) atoms. The third-order valence-electron chi connectivity index (χ3n) is 8.42. The van der Waals surface area contributed by atoms with Crippen LogP contribution in [0.3, 0.4) is 0 Å². The number of ketones is 2. The Balaban J connectivity index is 1.74. The molecule has 6 aliphatic rings. The first kappa shape index (κ1) is 14.9. The van der Waals surface area contributed by atoms with Crippen molar-refractivity contribution in [1.29, 1.82) is 0 Å². The number of hydrogen-bond acceptors (Lipinski definition) is 4. The standard InChI is InChI=1S/C20H24O4/c1-11-12-4-7-20(16(11)22)14(8-12)19-6-3-5-18(2,10-24-17(19)23)13(19)9-15(20)21/h12-14H,1,3-10H2,2H3/t12-,13?,14?,18-,19-,20?/m0/s1. The number of allylic oxidation sites excluding steroid dienone is 1. The number of cyclic esters (lactones) is 1. The van der Waals surface area contributed by atoms with Gasteiger partial charge in [0.25, 0.3) is 0 Å². The molecule has 0 radical (unpaired) electrons. The highest BCUT2D eigenvalue weighted by atomic mass is 16.5. The van der Waals surface area contributed by atoms with Crippen LogP contribution >= 0.6 is 0 Å². The summed E-state index contributed by atoms with van der Waals surface area (Å²) in [7, 11) is 0. The van der Waals surface area contributed by atoms with Crippen molar-refractivity contribution >= 4 is 17.5 Å². The van der Waals surface area contributed by atoms with Gasteiger partial charge in [0.1, 0.15) is 5.78 Å². The third kappa shape index (κ3) is 1.34. The minimum absolute atomic E-state index is 0.0449. The summed E-state index contributed by atoms with van der Waals surface area (Å²) in [4.78, 5) is 39.4. The Morgan fingerprint density at radius 3 is 2.71 bits per heavy atom. The molecule has 1 aliphatic heterocycles. The molecule has 1 saturated heterocycles. The molecule has 128 valence electrons. The zero-order valence-corrected chi connectivity index (χ0v) is 14.2. The molecule has 0 aromatic carbocycles. The van der Waals surface area contributed by atoms with Gasteiger partial charge in [-0.05, 0) is 55.4 Å². The topological polar surface area (TPSA) is 60.4 Å². The molecule has 0 aromatic rings. The zero-order valence-electron chi connectivity index (χ0n) is 14.2. The number of rotatable bonds is 0. The van der Waals surface area contributed by atoms with Crippen molar-refractivity contribution in [2.75, 3.05) is 6.61 Å². The summed E-state index contributed by atoms with van der Waals surface area (Å²) in [6.07, 6.45) is 5.37. The molecule has 4 nitrogen and oxygen atoms in total. The lowest BCUT2D eigenvalue weighted by atomic mass is 9.35. The minimum atomic E-state index is -0.975. The van der Waals surface area contributed by atoms with E-state index in [2.05, 4.69) is 13.5 Å². The van der Waals surface area contributed by atoms with Crippen molar-refractivity contribution in [2.24, 2.45) is 34.0 Å². The van der Waals surface area contributed by atoms with Crippen LogP contribution in [0.4, 0.5) is 0 Å². The summed E-state index contributed by atoms with van der Waals surface area (Å²) in [5.41, 5.74) is -1.07. The van der Waals surface area contributed by atoms with E-state index in [0.29, 0.717) is 25.0 Å². The number of fused-ring (bicyclic) bond motifs is 2. The molecular formula is C20H24O4. The second kappa shape index (κ2) is 4.20. The Bertz CT molecular complexity index is 708. The molecular weight excluding hydrogens is 304 g/mol. The van der Waals surface area contributed by atoms with E-state index in [9.17, 15) is 14.4 Å². The summed E-state index contributed by atoms with van der Waals surface area (Å²) in [6, 6.07) is 0. The molecule has 1 heterocycles. The fourth-order valence-corrected chi connectivity index (χ4v) is 7.24. The molecule has 5 saturated carbocycles. The van der Waals surface area contributed by atoms with Crippen molar-refractivity contribution in [3.63, 3.8) is 0 Å². The first-order valence-electron chi connectivity index (χ1n) is 9.30. The van der Waals surface area contributed by atoms with Crippen LogP contribution in [-0.2, 0) is 19.1 Å². The maximum atomic E-state index is 13.3. The number of Topliss-reactive ketones (excluding diaryl/α,β-unsaturated/α-hetero) is 2. The van der Waals surface area contributed by atoms with E-state index < -0.39 is 10.8 Å². The van der Waals surface area contributed by atoms with E-state index in [-0.39, 0.29) is 40.7 Å². The molecule has 5 aliphatic carbocycles. The predicted octanol–water partition coefficient (Wildman–Crippen LogP) is 2.85. The summed E-state index contributed by atoms with van der Waals surface area (Å²) in [5, 5.41) is 0. The lowest BCUT2D eigenvalue weighted by molar-refractivity contribution is -0.230. The monoisotopic (exact) mass is 328 g/mol. The lowest BCUT2D eigenvalue weighted by Gasteiger charge is -2.67. The number of carbonyl (C=O) groups is 3. The first-order chi connectivity index (χ1) is 11.4. The van der Waals surface area contributed by atoms with Gasteiger partial charge in [-0.2, -0.15) is 0 Å². The Morgan fingerprint density at radius 2 is 1.92 bits per heavy atom. The van der Waals surface area contributed by atoms with Crippen molar-refractivity contribution in [2.45, 2.75) is 51.9 Å². The normalized spacial score (nSPS) is 52.6. The second-order valence-corrected chi connectivity index (χ2v) is 9.15. The smallest absolute Gasteiger partial charge is 0.312 e. The van der Waals surface area contributed by atoms with Gasteiger partial charge in [-0.15, -0.1) is 0 Å². The van der Waals surface area contributed by atoms with E-state index in [0.717, 1.165) is 32.1 Å². The van der Waals surface area contributed by atoms with Crippen LogP contribution in [0.25, 0.3) is 0 Å². The molecule has 0 N–H and O–H groups in total. The molecule has 3 unspecified atom stereocenters. The van der Waals surface area contributed by atoms with Crippen molar-refractivity contribution in [3.8, 4) is 0 Å². The summed E-state index contributed by atoms with van der Waals surface area (Å²) >= 11 is 0. The van der Waals surface area contributed by atoms with Crippen molar-refractivity contribution in [3.05, 3.63) is 12.2 Å². The van der Waals surface area contributed by atoms with Crippen LogP contribution in [0.1, 0.15) is 51.9 Å². The predicted molar refractivity (Wildman–Crippen MR) is 85.9 cm³/mol. The molecule has 0 amide bonds. The van der Waals surface area contributed by atoms with Crippen LogP contribution in [-0.4, -0.2) is 24.1 Å². The second-order valence-electron chi connectivity index (χ2n) is 9.15. The Kier molecular flexibility index (Phi) is 2.60. The van der Waals surface area contributed by atoms with Crippen LogP contribution in [0, 0.1) is 34.0 Å². The van der Waals surface area contributed by atoms with Gasteiger partial charge in [0.2, 0.25) is 0 Å². The van der Waals surface area contributed by atoms with E-state index in [1.807, 2.05) is 0 Å². The number of carbonyl (C=O) groups excluding carboxylic acids is 3. The highest BCUT2D eigenvalue weighted by Crippen LogP contribution is 2.71. The molecule has 4 heteroatoms. The Morgan fingerprint density at radius 1 is 1.12 bits per heavy atom. The summed E-state index contributed by atoms with van der Waals surface area (Å²) in [5.74, 6) is -0.0802. The highest BCUT2D eigenvalue weighted by Gasteiger charge is 2.75. The average Bonchev–Trinajstić information content (AvgIpc) is 2.57. The van der Waals surface area contributed by atoms with Crippen molar-refractivity contribution < 1.29 is 19.1 Å². The summed E-state index contributed by atoms with van der Waals surface area (Å²) < 4.78 is 5.67. The summed E-state index contributed by atoms with van der Waals surface area (Å²) in [6.45, 7) is 6.59. The van der Waals surface area contributed by atoms with Crippen LogP contribution < -0.4 is 0 Å². The lowest BCUT2D eigenvalue weighted by Crippen LogP contribution is -2.71. The Hall–Kier alpha value is -1.45. The van der Waals surface area contributed by atoms with E-state index >= 15 is 0 Å². The Labute approximate surface area is 142 Å².